The van der Waals surface area contributed by atoms with Crippen molar-refractivity contribution in [1.82, 2.24) is 15.0 Å². The van der Waals surface area contributed by atoms with Crippen LogP contribution in [0.2, 0.25) is 0 Å². The lowest BCUT2D eigenvalue weighted by atomic mass is 10.7. The number of thioether (sulfide) groups is 1. The van der Waals surface area contributed by atoms with Crippen LogP contribution in [0.4, 0.5) is 5.95 Å². The number of ether oxygens (including phenoxy) is 1. The van der Waals surface area contributed by atoms with Crippen LogP contribution in [0.1, 0.15) is 13.8 Å². The summed E-state index contributed by atoms with van der Waals surface area (Å²) in [5.74, 6) is 1.06. The molecule has 0 aliphatic rings. The highest BCUT2D eigenvalue weighted by molar-refractivity contribution is 7.99. The Labute approximate surface area is 98.9 Å². The summed E-state index contributed by atoms with van der Waals surface area (Å²) in [4.78, 5) is 12.4. The molecule has 0 aliphatic heterocycles. The second kappa shape index (κ2) is 7.24. The Hall–Kier alpha value is -1.08. The van der Waals surface area contributed by atoms with Crippen molar-refractivity contribution in [2.24, 2.45) is 0 Å². The fourth-order valence-corrected chi connectivity index (χ4v) is 1.54. The Kier molecular flexibility index (Phi) is 5.87. The molecule has 90 valence electrons. The highest BCUT2D eigenvalue weighted by atomic mass is 32.2. The van der Waals surface area contributed by atoms with Crippen molar-refractivity contribution < 1.29 is 9.84 Å². The second-order valence-corrected chi connectivity index (χ2v) is 3.82. The van der Waals surface area contributed by atoms with Gasteiger partial charge in [-0.15, -0.1) is 0 Å². The molecule has 7 heteroatoms. The van der Waals surface area contributed by atoms with Gasteiger partial charge in [0.1, 0.15) is 0 Å². The largest absolute Gasteiger partial charge is 0.464 e. The normalized spacial score (nSPS) is 10.2. The van der Waals surface area contributed by atoms with Gasteiger partial charge in [0.25, 0.3) is 0 Å². The van der Waals surface area contributed by atoms with E-state index < -0.39 is 0 Å². The van der Waals surface area contributed by atoms with Crippen molar-refractivity contribution in [3.05, 3.63) is 0 Å². The van der Waals surface area contributed by atoms with E-state index in [0.29, 0.717) is 29.5 Å². The summed E-state index contributed by atoms with van der Waals surface area (Å²) in [5, 5.41) is 12.3. The van der Waals surface area contributed by atoms with Gasteiger partial charge in [-0.1, -0.05) is 11.8 Å². The quantitative estimate of drug-likeness (QED) is 0.686. The predicted octanol–water partition coefficient (Wildman–Crippen LogP) is 0.786. The average molecular weight is 244 g/mol. The van der Waals surface area contributed by atoms with Crippen molar-refractivity contribution in [3.63, 3.8) is 0 Å². The van der Waals surface area contributed by atoms with Gasteiger partial charge in [0.05, 0.1) is 13.2 Å². The number of aliphatic hydroxyl groups is 1. The predicted molar refractivity (Wildman–Crippen MR) is 63.0 cm³/mol. The van der Waals surface area contributed by atoms with Crippen LogP contribution in [0, 0.1) is 0 Å². The summed E-state index contributed by atoms with van der Waals surface area (Å²) < 4.78 is 5.24. The van der Waals surface area contributed by atoms with Gasteiger partial charge in [-0.3, -0.25) is 0 Å². The van der Waals surface area contributed by atoms with E-state index in [4.69, 9.17) is 9.84 Å². The average Bonchev–Trinajstić information content (AvgIpc) is 2.27. The zero-order valence-electron chi connectivity index (χ0n) is 9.43. The first-order valence-corrected chi connectivity index (χ1v) is 6.15. The molecular formula is C9H16N4O2S. The second-order valence-electron chi connectivity index (χ2n) is 2.76. The Morgan fingerprint density at radius 1 is 1.31 bits per heavy atom. The van der Waals surface area contributed by atoms with E-state index in [1.54, 1.807) is 0 Å². The van der Waals surface area contributed by atoms with Gasteiger partial charge in [0.15, 0.2) is 5.16 Å². The molecule has 1 rings (SSSR count). The van der Waals surface area contributed by atoms with Crippen molar-refractivity contribution in [3.8, 4) is 6.01 Å². The first kappa shape index (κ1) is 13.0. The van der Waals surface area contributed by atoms with Gasteiger partial charge >= 0.3 is 6.01 Å². The molecule has 0 saturated carbocycles. The highest BCUT2D eigenvalue weighted by Crippen LogP contribution is 2.16. The maximum Gasteiger partial charge on any atom is 0.322 e. The molecule has 0 amide bonds. The smallest absolute Gasteiger partial charge is 0.322 e. The number of hydrogen-bond donors (Lipinski definition) is 2. The molecule has 16 heavy (non-hydrogen) atoms. The summed E-state index contributed by atoms with van der Waals surface area (Å²) in [6, 6.07) is 0.314. The van der Waals surface area contributed by atoms with Crippen LogP contribution in [0.25, 0.3) is 0 Å². The van der Waals surface area contributed by atoms with E-state index in [0.717, 1.165) is 6.54 Å². The van der Waals surface area contributed by atoms with E-state index >= 15 is 0 Å². The van der Waals surface area contributed by atoms with Crippen molar-refractivity contribution >= 4 is 17.7 Å². The molecule has 0 aliphatic carbocycles. The molecule has 1 heterocycles. The molecule has 0 saturated heterocycles. The third kappa shape index (κ3) is 4.19. The van der Waals surface area contributed by atoms with Crippen molar-refractivity contribution in [2.45, 2.75) is 19.0 Å². The fraction of sp³-hybridized carbons (Fsp3) is 0.667. The number of nitrogens with zero attached hydrogens (tertiary/aromatic N) is 3. The number of hydrogen-bond acceptors (Lipinski definition) is 7. The fourth-order valence-electron chi connectivity index (χ4n) is 0.970. The molecule has 0 spiro atoms. The van der Waals surface area contributed by atoms with Gasteiger partial charge in [-0.2, -0.15) is 15.0 Å². The minimum absolute atomic E-state index is 0.0941. The summed E-state index contributed by atoms with van der Waals surface area (Å²) in [5.41, 5.74) is 0. The molecule has 0 atom stereocenters. The van der Waals surface area contributed by atoms with Crippen LogP contribution >= 0.6 is 11.8 Å². The molecular weight excluding hydrogens is 228 g/mol. The number of anilines is 1. The van der Waals surface area contributed by atoms with E-state index in [1.807, 2.05) is 13.8 Å². The van der Waals surface area contributed by atoms with Crippen LogP contribution in [0.5, 0.6) is 6.01 Å². The molecule has 0 bridgehead atoms. The van der Waals surface area contributed by atoms with Crippen LogP contribution < -0.4 is 10.1 Å². The summed E-state index contributed by atoms with van der Waals surface area (Å²) in [6.45, 7) is 5.18. The minimum Gasteiger partial charge on any atom is -0.464 e. The molecule has 6 nitrogen and oxygen atoms in total. The topological polar surface area (TPSA) is 80.2 Å². The minimum atomic E-state index is 0.0941. The third-order valence-corrected chi connectivity index (χ3v) is 2.35. The van der Waals surface area contributed by atoms with E-state index in [2.05, 4.69) is 20.3 Å². The third-order valence-electron chi connectivity index (χ3n) is 1.53. The summed E-state index contributed by atoms with van der Waals surface area (Å²) in [6.07, 6.45) is 0. The molecule has 0 unspecified atom stereocenters. The highest BCUT2D eigenvalue weighted by Gasteiger charge is 2.06. The van der Waals surface area contributed by atoms with Crippen molar-refractivity contribution in [1.29, 1.82) is 0 Å². The lowest BCUT2D eigenvalue weighted by molar-refractivity contribution is 0.308. The number of aromatic nitrogens is 3. The zero-order valence-corrected chi connectivity index (χ0v) is 10.3. The maximum absolute atomic E-state index is 8.73. The first-order valence-electron chi connectivity index (χ1n) is 5.16. The van der Waals surface area contributed by atoms with Crippen LogP contribution in [-0.4, -0.2) is 45.6 Å². The lowest BCUT2D eigenvalue weighted by Crippen LogP contribution is -2.07. The van der Waals surface area contributed by atoms with Gasteiger partial charge in [0.2, 0.25) is 5.95 Å². The van der Waals surface area contributed by atoms with E-state index in [1.165, 1.54) is 11.8 Å². The molecule has 2 N–H and O–H groups in total. The van der Waals surface area contributed by atoms with Crippen LogP contribution in [0.15, 0.2) is 5.16 Å². The van der Waals surface area contributed by atoms with Gasteiger partial charge < -0.3 is 15.2 Å². The van der Waals surface area contributed by atoms with Gasteiger partial charge in [-0.25, -0.2) is 0 Å². The molecule has 1 aromatic rings. The Morgan fingerprint density at radius 3 is 2.75 bits per heavy atom. The molecule has 0 fully saturated rings. The van der Waals surface area contributed by atoms with Gasteiger partial charge in [-0.05, 0) is 13.8 Å². The van der Waals surface area contributed by atoms with Gasteiger partial charge in [0, 0.05) is 12.3 Å². The molecule has 0 radical (unpaired) electrons. The summed E-state index contributed by atoms with van der Waals surface area (Å²) in [7, 11) is 0. The summed E-state index contributed by atoms with van der Waals surface area (Å²) >= 11 is 1.37. The standard InChI is InChI=1S/C9H16N4O2S/c1-3-10-7-11-8(15-4-2)13-9(12-7)16-6-5-14/h14H,3-6H2,1-2H3,(H,10,11,12,13). The monoisotopic (exact) mass is 244 g/mol. The lowest BCUT2D eigenvalue weighted by Gasteiger charge is -2.06. The molecule has 1 aromatic heterocycles. The number of rotatable bonds is 7. The molecule has 0 aromatic carbocycles. The Bertz CT molecular complexity index is 300. The van der Waals surface area contributed by atoms with Crippen LogP contribution in [-0.2, 0) is 0 Å². The Morgan fingerprint density at radius 2 is 2.12 bits per heavy atom. The number of aliphatic hydroxyl groups excluding tert-OH is 1. The Balaban J connectivity index is 2.80. The first-order chi connectivity index (χ1) is 7.80. The van der Waals surface area contributed by atoms with E-state index in [9.17, 15) is 0 Å². The number of nitrogens with one attached hydrogen (secondary N) is 1. The SMILES string of the molecule is CCNc1nc(OCC)nc(SCCO)n1. The van der Waals surface area contributed by atoms with E-state index in [-0.39, 0.29) is 6.61 Å². The maximum atomic E-state index is 8.73. The van der Waals surface area contributed by atoms with Crippen LogP contribution in [0.3, 0.4) is 0 Å². The zero-order chi connectivity index (χ0) is 11.8. The van der Waals surface area contributed by atoms with Crippen molar-refractivity contribution in [2.75, 3.05) is 30.8 Å².